The van der Waals surface area contributed by atoms with E-state index in [0.29, 0.717) is 24.3 Å². The van der Waals surface area contributed by atoms with Crippen LogP contribution >= 0.6 is 0 Å². The lowest BCUT2D eigenvalue weighted by Gasteiger charge is -2.07. The highest BCUT2D eigenvalue weighted by atomic mass is 16.3. The Labute approximate surface area is 118 Å². The Balaban J connectivity index is 2.09. The first-order valence-electron chi connectivity index (χ1n) is 6.77. The number of benzene rings is 1. The highest BCUT2D eigenvalue weighted by molar-refractivity contribution is 5.92. The van der Waals surface area contributed by atoms with Gasteiger partial charge in [0, 0.05) is 18.7 Å². The molecule has 0 spiro atoms. The first-order valence-corrected chi connectivity index (χ1v) is 6.77. The van der Waals surface area contributed by atoms with Gasteiger partial charge in [-0.05, 0) is 25.5 Å². The first kappa shape index (κ1) is 14.1. The Morgan fingerprint density at radius 3 is 2.75 bits per heavy atom. The van der Waals surface area contributed by atoms with E-state index in [2.05, 4.69) is 10.4 Å². The number of para-hydroxylation sites is 1. The van der Waals surface area contributed by atoms with Crippen molar-refractivity contribution in [2.45, 2.75) is 33.4 Å². The number of rotatable bonds is 5. The number of hydrogen-bond donors (Lipinski definition) is 2. The molecule has 5 nitrogen and oxygen atoms in total. The van der Waals surface area contributed by atoms with Crippen LogP contribution in [0.4, 0.5) is 0 Å². The SMILES string of the molecule is CCc1cc(C(=O)NCc2ccccc2O)n(CC)n1. The van der Waals surface area contributed by atoms with E-state index in [9.17, 15) is 9.90 Å². The Morgan fingerprint density at radius 1 is 1.35 bits per heavy atom. The van der Waals surface area contributed by atoms with Gasteiger partial charge < -0.3 is 10.4 Å². The van der Waals surface area contributed by atoms with Gasteiger partial charge in [-0.2, -0.15) is 5.10 Å². The van der Waals surface area contributed by atoms with Crippen molar-refractivity contribution in [3.8, 4) is 5.75 Å². The van der Waals surface area contributed by atoms with Crippen molar-refractivity contribution in [3.05, 3.63) is 47.3 Å². The van der Waals surface area contributed by atoms with Gasteiger partial charge >= 0.3 is 0 Å². The summed E-state index contributed by atoms with van der Waals surface area (Å²) in [5.74, 6) is 0.00773. The smallest absolute Gasteiger partial charge is 0.269 e. The maximum Gasteiger partial charge on any atom is 0.269 e. The maximum atomic E-state index is 12.2. The second-order valence-electron chi connectivity index (χ2n) is 4.50. The Kier molecular flexibility index (Phi) is 4.40. The summed E-state index contributed by atoms with van der Waals surface area (Å²) in [4.78, 5) is 12.2. The Morgan fingerprint density at radius 2 is 2.10 bits per heavy atom. The molecule has 1 amide bonds. The molecule has 1 aromatic carbocycles. The van der Waals surface area contributed by atoms with Crippen molar-refractivity contribution in [3.63, 3.8) is 0 Å². The molecule has 0 fully saturated rings. The van der Waals surface area contributed by atoms with Gasteiger partial charge in [-0.25, -0.2) is 0 Å². The average Bonchev–Trinajstić information content (AvgIpc) is 2.89. The fourth-order valence-electron chi connectivity index (χ4n) is 1.99. The van der Waals surface area contributed by atoms with Crippen molar-refractivity contribution in [1.82, 2.24) is 15.1 Å². The number of hydrogen-bond acceptors (Lipinski definition) is 3. The van der Waals surface area contributed by atoms with Gasteiger partial charge in [-0.1, -0.05) is 25.1 Å². The molecule has 0 saturated heterocycles. The van der Waals surface area contributed by atoms with E-state index in [1.807, 2.05) is 26.0 Å². The van der Waals surface area contributed by atoms with Crippen LogP contribution in [0.3, 0.4) is 0 Å². The Hall–Kier alpha value is -2.30. The number of aryl methyl sites for hydroxylation is 2. The van der Waals surface area contributed by atoms with Crippen molar-refractivity contribution in [1.29, 1.82) is 0 Å². The molecule has 0 aliphatic carbocycles. The molecule has 0 radical (unpaired) electrons. The first-order chi connectivity index (χ1) is 9.65. The van der Waals surface area contributed by atoms with E-state index in [1.165, 1.54) is 0 Å². The normalized spacial score (nSPS) is 10.5. The summed E-state index contributed by atoms with van der Waals surface area (Å²) in [6.45, 7) is 4.90. The summed E-state index contributed by atoms with van der Waals surface area (Å²) in [6.07, 6.45) is 0.798. The molecular weight excluding hydrogens is 254 g/mol. The molecule has 1 aromatic heterocycles. The average molecular weight is 273 g/mol. The van der Waals surface area contributed by atoms with E-state index in [1.54, 1.807) is 22.9 Å². The number of carbonyl (C=O) groups is 1. The van der Waals surface area contributed by atoms with Gasteiger partial charge in [0.15, 0.2) is 0 Å². The van der Waals surface area contributed by atoms with E-state index < -0.39 is 0 Å². The second-order valence-corrected chi connectivity index (χ2v) is 4.50. The summed E-state index contributed by atoms with van der Waals surface area (Å²) in [7, 11) is 0. The van der Waals surface area contributed by atoms with E-state index >= 15 is 0 Å². The number of nitrogens with zero attached hydrogens (tertiary/aromatic N) is 2. The monoisotopic (exact) mass is 273 g/mol. The quantitative estimate of drug-likeness (QED) is 0.876. The highest BCUT2D eigenvalue weighted by Crippen LogP contribution is 2.15. The van der Waals surface area contributed by atoms with Crippen LogP contribution in [0.25, 0.3) is 0 Å². The van der Waals surface area contributed by atoms with Gasteiger partial charge in [-0.15, -0.1) is 0 Å². The zero-order valence-corrected chi connectivity index (χ0v) is 11.8. The second kappa shape index (κ2) is 6.23. The van der Waals surface area contributed by atoms with Crippen LogP contribution in [0.1, 0.15) is 35.6 Å². The predicted molar refractivity (Wildman–Crippen MR) is 76.6 cm³/mol. The van der Waals surface area contributed by atoms with Gasteiger partial charge in [-0.3, -0.25) is 9.48 Å². The number of nitrogens with one attached hydrogen (secondary N) is 1. The zero-order chi connectivity index (χ0) is 14.5. The molecule has 0 aliphatic rings. The van der Waals surface area contributed by atoms with Gasteiger partial charge in [0.25, 0.3) is 5.91 Å². The molecule has 1 heterocycles. The number of aromatic nitrogens is 2. The molecule has 0 atom stereocenters. The molecule has 0 aliphatic heterocycles. The number of phenolic OH excluding ortho intramolecular Hbond substituents is 1. The largest absolute Gasteiger partial charge is 0.508 e. The molecule has 0 bridgehead atoms. The zero-order valence-electron chi connectivity index (χ0n) is 11.8. The van der Waals surface area contributed by atoms with Crippen molar-refractivity contribution < 1.29 is 9.90 Å². The number of aromatic hydroxyl groups is 1. The third-order valence-corrected chi connectivity index (χ3v) is 3.16. The van der Waals surface area contributed by atoms with Crippen LogP contribution < -0.4 is 5.32 Å². The van der Waals surface area contributed by atoms with E-state index in [0.717, 1.165) is 12.1 Å². The lowest BCUT2D eigenvalue weighted by Crippen LogP contribution is -2.25. The molecule has 5 heteroatoms. The molecule has 20 heavy (non-hydrogen) atoms. The van der Waals surface area contributed by atoms with Crippen molar-refractivity contribution in [2.24, 2.45) is 0 Å². The summed E-state index contributed by atoms with van der Waals surface area (Å²) in [5.41, 5.74) is 2.15. The van der Waals surface area contributed by atoms with E-state index in [4.69, 9.17) is 0 Å². The lowest BCUT2D eigenvalue weighted by atomic mass is 10.2. The summed E-state index contributed by atoms with van der Waals surface area (Å²) in [6, 6.07) is 8.77. The standard InChI is InChI=1S/C15H19N3O2/c1-3-12-9-13(18(4-2)17-12)15(20)16-10-11-7-5-6-8-14(11)19/h5-9,19H,3-4,10H2,1-2H3,(H,16,20). The number of carbonyl (C=O) groups excluding carboxylic acids is 1. The minimum absolute atomic E-state index is 0.178. The van der Waals surface area contributed by atoms with Crippen LogP contribution in [0.5, 0.6) is 5.75 Å². The fraction of sp³-hybridized carbons (Fsp3) is 0.333. The van der Waals surface area contributed by atoms with Gasteiger partial charge in [0.1, 0.15) is 11.4 Å². The molecule has 0 saturated carbocycles. The molecule has 2 N–H and O–H groups in total. The topological polar surface area (TPSA) is 67.2 Å². The number of amides is 1. The lowest BCUT2D eigenvalue weighted by molar-refractivity contribution is 0.0940. The van der Waals surface area contributed by atoms with Gasteiger partial charge in [0.2, 0.25) is 0 Å². The molecule has 106 valence electrons. The highest BCUT2D eigenvalue weighted by Gasteiger charge is 2.14. The molecule has 2 aromatic rings. The Bertz CT molecular complexity index is 605. The predicted octanol–water partition coefficient (Wildman–Crippen LogP) is 2.10. The molecule has 2 rings (SSSR count). The minimum atomic E-state index is -0.178. The van der Waals surface area contributed by atoms with Crippen LogP contribution in [0, 0.1) is 0 Å². The van der Waals surface area contributed by atoms with Crippen molar-refractivity contribution >= 4 is 5.91 Å². The third-order valence-electron chi connectivity index (χ3n) is 3.16. The summed E-state index contributed by atoms with van der Waals surface area (Å²) >= 11 is 0. The van der Waals surface area contributed by atoms with Crippen LogP contribution in [0.2, 0.25) is 0 Å². The third kappa shape index (κ3) is 2.99. The number of phenols is 1. The molecular formula is C15H19N3O2. The van der Waals surface area contributed by atoms with Crippen LogP contribution in [-0.4, -0.2) is 20.8 Å². The maximum absolute atomic E-state index is 12.2. The fourth-order valence-corrected chi connectivity index (χ4v) is 1.99. The van der Waals surface area contributed by atoms with Crippen LogP contribution in [-0.2, 0) is 19.5 Å². The van der Waals surface area contributed by atoms with Crippen molar-refractivity contribution in [2.75, 3.05) is 0 Å². The summed E-state index contributed by atoms with van der Waals surface area (Å²) < 4.78 is 1.69. The summed E-state index contributed by atoms with van der Waals surface area (Å²) in [5, 5.41) is 16.8. The molecule has 0 unspecified atom stereocenters. The van der Waals surface area contributed by atoms with E-state index in [-0.39, 0.29) is 11.7 Å². The minimum Gasteiger partial charge on any atom is -0.508 e. The van der Waals surface area contributed by atoms with Gasteiger partial charge in [0.05, 0.1) is 5.69 Å². The van der Waals surface area contributed by atoms with Crippen LogP contribution in [0.15, 0.2) is 30.3 Å².